The second-order valence-electron chi connectivity index (χ2n) is 7.11. The van der Waals surface area contributed by atoms with Crippen LogP contribution >= 0.6 is 0 Å². The topological polar surface area (TPSA) is 83.0 Å². The minimum atomic E-state index is -0.888. The number of para-hydroxylation sites is 1. The van der Waals surface area contributed by atoms with Gasteiger partial charge in [0.15, 0.2) is 0 Å². The molecule has 0 unspecified atom stereocenters. The Balaban J connectivity index is 1.63. The number of hydrogen-bond donors (Lipinski definition) is 1. The molecule has 1 N–H and O–H groups in total. The Bertz CT molecular complexity index is 890. The summed E-state index contributed by atoms with van der Waals surface area (Å²) in [6.45, 7) is 2.23. The Morgan fingerprint density at radius 3 is 2.85 bits per heavy atom. The van der Waals surface area contributed by atoms with Gasteiger partial charge in [-0.05, 0) is 12.1 Å². The van der Waals surface area contributed by atoms with E-state index in [0.29, 0.717) is 38.2 Å². The maximum Gasteiger partial charge on any atom is 0.317 e. The number of fused-ring (bicyclic) bond motifs is 4. The Morgan fingerprint density at radius 2 is 2.04 bits per heavy atom. The quantitative estimate of drug-likeness (QED) is 0.872. The Morgan fingerprint density at radius 1 is 1.19 bits per heavy atom. The van der Waals surface area contributed by atoms with Gasteiger partial charge in [0, 0.05) is 30.9 Å². The number of carboxylic acid groups (broad SMARTS) is 1. The number of pyridine rings is 1. The molecule has 3 heterocycles. The monoisotopic (exact) mass is 373 g/mol. The molecule has 4 rings (SSSR count). The van der Waals surface area contributed by atoms with Gasteiger partial charge in [-0.15, -0.1) is 0 Å². The van der Waals surface area contributed by atoms with Crippen LogP contribution in [0.3, 0.4) is 0 Å². The van der Waals surface area contributed by atoms with Crippen molar-refractivity contribution < 1.29 is 23.8 Å². The molecule has 1 amide bonds. The minimum absolute atomic E-state index is 0.0259. The van der Waals surface area contributed by atoms with Crippen molar-refractivity contribution >= 4 is 22.8 Å². The highest BCUT2D eigenvalue weighted by Gasteiger charge is 2.37. The van der Waals surface area contributed by atoms with E-state index < -0.39 is 11.8 Å². The van der Waals surface area contributed by atoms with E-state index >= 15 is 0 Å². The number of benzene rings is 1. The van der Waals surface area contributed by atoms with E-state index in [9.17, 15) is 14.0 Å². The first-order valence-electron chi connectivity index (χ1n) is 8.89. The van der Waals surface area contributed by atoms with Crippen LogP contribution in [0.25, 0.3) is 10.9 Å². The maximum atomic E-state index is 14.1. The van der Waals surface area contributed by atoms with Gasteiger partial charge in [-0.1, -0.05) is 18.2 Å². The Labute approximate surface area is 155 Å². The summed E-state index contributed by atoms with van der Waals surface area (Å²) in [5, 5.41) is 9.74. The van der Waals surface area contributed by atoms with Gasteiger partial charge < -0.3 is 14.7 Å². The summed E-state index contributed by atoms with van der Waals surface area (Å²) >= 11 is 0. The number of nitrogens with zero attached hydrogens (tertiary/aromatic N) is 3. The van der Waals surface area contributed by atoms with Crippen molar-refractivity contribution in [3.05, 3.63) is 41.8 Å². The zero-order valence-corrected chi connectivity index (χ0v) is 14.7. The van der Waals surface area contributed by atoms with Crippen molar-refractivity contribution in [1.29, 1.82) is 0 Å². The molecule has 2 saturated heterocycles. The SMILES string of the molecule is O=C(O)CN1C[C@@H]2COC[C@H](C1)N(C(=O)c1ccc3cccc(F)c3n1)C2. The first kappa shape index (κ1) is 17.8. The fourth-order valence-corrected chi connectivity index (χ4v) is 3.89. The van der Waals surface area contributed by atoms with Crippen LogP contribution in [0.4, 0.5) is 4.39 Å². The molecule has 2 fully saturated rings. The second kappa shape index (κ2) is 7.21. The number of carbonyl (C=O) groups excluding carboxylic acids is 1. The molecule has 0 spiro atoms. The molecule has 8 heteroatoms. The van der Waals surface area contributed by atoms with Gasteiger partial charge in [-0.2, -0.15) is 0 Å². The number of carboxylic acids is 1. The fraction of sp³-hybridized carbons (Fsp3) is 0.421. The van der Waals surface area contributed by atoms with Crippen LogP contribution in [0.1, 0.15) is 10.5 Å². The lowest BCUT2D eigenvalue weighted by atomic mass is 10.1. The lowest BCUT2D eigenvalue weighted by Gasteiger charge is -2.30. The van der Waals surface area contributed by atoms with Crippen LogP contribution in [0, 0.1) is 11.7 Å². The fourth-order valence-electron chi connectivity index (χ4n) is 3.89. The van der Waals surface area contributed by atoms with Crippen molar-refractivity contribution in [3.63, 3.8) is 0 Å². The van der Waals surface area contributed by atoms with Gasteiger partial charge in [0.25, 0.3) is 5.91 Å². The standard InChI is InChI=1S/C19H20FN3O4/c20-15-3-1-2-13-4-5-16(21-18(13)15)19(26)23-7-12-6-22(9-17(24)25)8-14(23)11-27-10-12/h1-5,12,14H,6-11H2,(H,24,25)/t12-,14-/m0/s1. The van der Waals surface area contributed by atoms with E-state index in [1.807, 2.05) is 4.90 Å². The largest absolute Gasteiger partial charge is 0.480 e. The van der Waals surface area contributed by atoms with Crippen LogP contribution in [-0.4, -0.2) is 77.2 Å². The van der Waals surface area contributed by atoms with Gasteiger partial charge in [-0.3, -0.25) is 14.5 Å². The molecule has 0 saturated carbocycles. The van der Waals surface area contributed by atoms with E-state index in [2.05, 4.69) is 4.98 Å². The number of hydrogen-bond acceptors (Lipinski definition) is 5. The van der Waals surface area contributed by atoms with Crippen LogP contribution < -0.4 is 0 Å². The number of ether oxygens (including phenoxy) is 1. The number of aromatic nitrogens is 1. The predicted molar refractivity (Wildman–Crippen MR) is 94.9 cm³/mol. The average molecular weight is 373 g/mol. The van der Waals surface area contributed by atoms with E-state index in [4.69, 9.17) is 9.84 Å². The molecule has 142 valence electrons. The van der Waals surface area contributed by atoms with Crippen LogP contribution in [0.5, 0.6) is 0 Å². The molecule has 2 bridgehead atoms. The number of aliphatic carboxylic acids is 1. The van der Waals surface area contributed by atoms with Crippen molar-refractivity contribution in [1.82, 2.24) is 14.8 Å². The number of halogens is 1. The summed E-state index contributed by atoms with van der Waals surface area (Å²) < 4.78 is 19.7. The highest BCUT2D eigenvalue weighted by molar-refractivity contribution is 5.95. The van der Waals surface area contributed by atoms with Gasteiger partial charge in [0.2, 0.25) is 0 Å². The first-order valence-corrected chi connectivity index (χ1v) is 8.89. The molecule has 7 nitrogen and oxygen atoms in total. The van der Waals surface area contributed by atoms with Crippen LogP contribution in [-0.2, 0) is 9.53 Å². The number of amides is 1. The van der Waals surface area contributed by atoms with E-state index in [1.54, 1.807) is 29.2 Å². The molecular formula is C19H20FN3O4. The molecule has 27 heavy (non-hydrogen) atoms. The molecule has 1 aromatic heterocycles. The third-order valence-electron chi connectivity index (χ3n) is 5.05. The molecule has 0 aliphatic carbocycles. The average Bonchev–Trinajstić information content (AvgIpc) is 2.91. The molecule has 2 aromatic rings. The molecule has 0 radical (unpaired) electrons. The third-order valence-corrected chi connectivity index (χ3v) is 5.05. The van der Waals surface area contributed by atoms with E-state index in [0.717, 1.165) is 0 Å². The molecule has 2 aliphatic heterocycles. The number of carbonyl (C=O) groups is 2. The Kier molecular flexibility index (Phi) is 4.75. The van der Waals surface area contributed by atoms with Crippen LogP contribution in [0.2, 0.25) is 0 Å². The summed E-state index contributed by atoms with van der Waals surface area (Å²) in [4.78, 5) is 32.0. The van der Waals surface area contributed by atoms with E-state index in [1.165, 1.54) is 6.07 Å². The lowest BCUT2D eigenvalue weighted by Crippen LogP contribution is -2.47. The van der Waals surface area contributed by atoms with Gasteiger partial charge in [-0.25, -0.2) is 9.37 Å². The van der Waals surface area contributed by atoms with Gasteiger partial charge in [0.05, 0.1) is 25.8 Å². The minimum Gasteiger partial charge on any atom is -0.480 e. The van der Waals surface area contributed by atoms with Gasteiger partial charge >= 0.3 is 5.97 Å². The third kappa shape index (κ3) is 3.63. The predicted octanol–water partition coefficient (Wildman–Crippen LogP) is 1.23. The van der Waals surface area contributed by atoms with Gasteiger partial charge in [0.1, 0.15) is 17.0 Å². The summed E-state index contributed by atoms with van der Waals surface area (Å²) in [6, 6.07) is 7.70. The molecular weight excluding hydrogens is 353 g/mol. The second-order valence-corrected chi connectivity index (χ2v) is 7.11. The van der Waals surface area contributed by atoms with Crippen molar-refractivity contribution in [2.45, 2.75) is 6.04 Å². The Hall–Kier alpha value is -2.58. The summed E-state index contributed by atoms with van der Waals surface area (Å²) in [7, 11) is 0. The summed E-state index contributed by atoms with van der Waals surface area (Å²) in [6.07, 6.45) is 0. The summed E-state index contributed by atoms with van der Waals surface area (Å²) in [5.74, 6) is -1.61. The lowest BCUT2D eigenvalue weighted by molar-refractivity contribution is -0.138. The highest BCUT2D eigenvalue weighted by atomic mass is 19.1. The zero-order chi connectivity index (χ0) is 19.0. The zero-order valence-electron chi connectivity index (χ0n) is 14.7. The number of rotatable bonds is 3. The summed E-state index contributed by atoms with van der Waals surface area (Å²) in [5.41, 5.74) is 0.356. The van der Waals surface area contributed by atoms with E-state index in [-0.39, 0.29) is 35.6 Å². The maximum absolute atomic E-state index is 14.1. The first-order chi connectivity index (χ1) is 13.0. The van der Waals surface area contributed by atoms with Crippen molar-refractivity contribution in [3.8, 4) is 0 Å². The van der Waals surface area contributed by atoms with Crippen molar-refractivity contribution in [2.75, 3.05) is 39.4 Å². The van der Waals surface area contributed by atoms with Crippen LogP contribution in [0.15, 0.2) is 30.3 Å². The molecule has 2 aliphatic rings. The highest BCUT2D eigenvalue weighted by Crippen LogP contribution is 2.23. The molecule has 1 aromatic carbocycles. The smallest absolute Gasteiger partial charge is 0.317 e. The van der Waals surface area contributed by atoms with Crippen molar-refractivity contribution in [2.24, 2.45) is 5.92 Å². The molecule has 2 atom stereocenters. The normalized spacial score (nSPS) is 23.2.